The Morgan fingerprint density at radius 2 is 2.15 bits per heavy atom. The van der Waals surface area contributed by atoms with E-state index in [1.54, 1.807) is 13.0 Å². The summed E-state index contributed by atoms with van der Waals surface area (Å²) < 4.78 is 13.2. The Kier molecular flexibility index (Phi) is 3.43. The zero-order valence-corrected chi connectivity index (χ0v) is 8.05. The van der Waals surface area contributed by atoms with Crippen LogP contribution in [-0.2, 0) is 6.42 Å². The Morgan fingerprint density at radius 3 is 2.69 bits per heavy atom. The average Bonchev–Trinajstić information content (AvgIpc) is 2.03. The van der Waals surface area contributed by atoms with Crippen molar-refractivity contribution in [3.05, 3.63) is 35.1 Å². The molecular weight excluding hydrogens is 167 g/mol. The van der Waals surface area contributed by atoms with Gasteiger partial charge in [0, 0.05) is 0 Å². The van der Waals surface area contributed by atoms with E-state index in [1.807, 2.05) is 13.0 Å². The number of aliphatic hydroxyl groups excluding tert-OH is 1. The highest BCUT2D eigenvalue weighted by atomic mass is 19.1. The van der Waals surface area contributed by atoms with Gasteiger partial charge in [-0.2, -0.15) is 0 Å². The number of aliphatic hydroxyl groups is 1. The van der Waals surface area contributed by atoms with Crippen LogP contribution in [0.3, 0.4) is 0 Å². The van der Waals surface area contributed by atoms with E-state index in [-0.39, 0.29) is 11.9 Å². The van der Waals surface area contributed by atoms with Gasteiger partial charge < -0.3 is 5.11 Å². The van der Waals surface area contributed by atoms with E-state index in [2.05, 4.69) is 0 Å². The second-order valence-electron chi connectivity index (χ2n) is 3.42. The molecule has 0 saturated carbocycles. The van der Waals surface area contributed by atoms with Crippen LogP contribution in [0, 0.1) is 12.7 Å². The molecule has 72 valence electrons. The van der Waals surface area contributed by atoms with E-state index in [4.69, 9.17) is 5.11 Å². The first-order chi connectivity index (χ1) is 6.11. The van der Waals surface area contributed by atoms with Crippen LogP contribution < -0.4 is 0 Å². The predicted octanol–water partition coefficient (Wildman–Crippen LogP) is 2.45. The van der Waals surface area contributed by atoms with E-state index >= 15 is 0 Å². The van der Waals surface area contributed by atoms with Crippen LogP contribution in [0.15, 0.2) is 18.2 Å². The van der Waals surface area contributed by atoms with E-state index in [0.717, 1.165) is 11.1 Å². The van der Waals surface area contributed by atoms with Gasteiger partial charge in [-0.1, -0.05) is 12.1 Å². The molecule has 1 N–H and O–H groups in total. The molecule has 1 rings (SSSR count). The minimum Gasteiger partial charge on any atom is -0.393 e. The Morgan fingerprint density at radius 1 is 1.46 bits per heavy atom. The van der Waals surface area contributed by atoms with Crippen molar-refractivity contribution >= 4 is 0 Å². The lowest BCUT2D eigenvalue weighted by Crippen LogP contribution is -2.03. The number of halogens is 1. The lowest BCUT2D eigenvalue weighted by atomic mass is 10.0. The maximum absolute atomic E-state index is 13.2. The highest BCUT2D eigenvalue weighted by Crippen LogP contribution is 2.15. The van der Waals surface area contributed by atoms with Crippen molar-refractivity contribution in [3.63, 3.8) is 0 Å². The molecule has 2 heteroatoms. The first-order valence-corrected chi connectivity index (χ1v) is 4.53. The van der Waals surface area contributed by atoms with Gasteiger partial charge in [0.1, 0.15) is 5.82 Å². The second kappa shape index (κ2) is 4.38. The Bertz CT molecular complexity index is 261. The molecule has 0 saturated heterocycles. The van der Waals surface area contributed by atoms with Crippen LogP contribution in [0.5, 0.6) is 0 Å². The van der Waals surface area contributed by atoms with E-state index in [0.29, 0.717) is 12.8 Å². The molecule has 0 radical (unpaired) electrons. The Hall–Kier alpha value is -0.890. The Labute approximate surface area is 78.2 Å². The van der Waals surface area contributed by atoms with Gasteiger partial charge in [-0.3, -0.25) is 0 Å². The minimum absolute atomic E-state index is 0.166. The summed E-state index contributed by atoms with van der Waals surface area (Å²) in [5.41, 5.74) is 1.68. The van der Waals surface area contributed by atoms with Crippen molar-refractivity contribution in [2.45, 2.75) is 32.8 Å². The molecule has 0 unspecified atom stereocenters. The summed E-state index contributed by atoms with van der Waals surface area (Å²) in [7, 11) is 0. The largest absolute Gasteiger partial charge is 0.393 e. The molecule has 1 nitrogen and oxygen atoms in total. The topological polar surface area (TPSA) is 20.2 Å². The monoisotopic (exact) mass is 182 g/mol. The van der Waals surface area contributed by atoms with Gasteiger partial charge in [0.2, 0.25) is 0 Å². The summed E-state index contributed by atoms with van der Waals surface area (Å²) in [6.45, 7) is 3.61. The van der Waals surface area contributed by atoms with Crippen molar-refractivity contribution in [2.75, 3.05) is 0 Å². The second-order valence-corrected chi connectivity index (χ2v) is 3.42. The summed E-state index contributed by atoms with van der Waals surface area (Å²) in [6, 6.07) is 5.06. The highest BCUT2D eigenvalue weighted by molar-refractivity contribution is 5.27. The van der Waals surface area contributed by atoms with Crippen LogP contribution >= 0.6 is 0 Å². The predicted molar refractivity (Wildman–Crippen MR) is 51.1 cm³/mol. The lowest BCUT2D eigenvalue weighted by molar-refractivity contribution is 0.184. The fourth-order valence-electron chi connectivity index (χ4n) is 1.34. The third kappa shape index (κ3) is 2.81. The summed E-state index contributed by atoms with van der Waals surface area (Å²) in [5, 5.41) is 9.07. The van der Waals surface area contributed by atoms with Crippen molar-refractivity contribution in [1.29, 1.82) is 0 Å². The van der Waals surface area contributed by atoms with E-state index in [1.165, 1.54) is 6.07 Å². The molecule has 1 aromatic carbocycles. The van der Waals surface area contributed by atoms with Gasteiger partial charge in [-0.15, -0.1) is 0 Å². The SMILES string of the molecule is Cc1cccc(F)c1CC[C@@H](C)O. The molecule has 0 aliphatic heterocycles. The molecule has 0 aliphatic rings. The summed E-state index contributed by atoms with van der Waals surface area (Å²) in [5.74, 6) is -0.166. The molecule has 0 spiro atoms. The zero-order valence-electron chi connectivity index (χ0n) is 8.05. The van der Waals surface area contributed by atoms with Crippen molar-refractivity contribution in [2.24, 2.45) is 0 Å². The fourth-order valence-corrected chi connectivity index (χ4v) is 1.34. The van der Waals surface area contributed by atoms with Crippen molar-refractivity contribution in [1.82, 2.24) is 0 Å². The third-order valence-corrected chi connectivity index (χ3v) is 2.17. The van der Waals surface area contributed by atoms with Crippen LogP contribution in [0.4, 0.5) is 4.39 Å². The number of rotatable bonds is 3. The average molecular weight is 182 g/mol. The molecule has 1 aromatic rings. The van der Waals surface area contributed by atoms with Crippen LogP contribution in [0.25, 0.3) is 0 Å². The van der Waals surface area contributed by atoms with Gasteiger partial charge in [0.05, 0.1) is 6.10 Å². The molecular formula is C11H15FO. The minimum atomic E-state index is -0.362. The molecule has 0 aromatic heterocycles. The van der Waals surface area contributed by atoms with Crippen molar-refractivity contribution in [3.8, 4) is 0 Å². The first kappa shape index (κ1) is 10.2. The lowest BCUT2D eigenvalue weighted by Gasteiger charge is -2.08. The van der Waals surface area contributed by atoms with Gasteiger partial charge in [0.25, 0.3) is 0 Å². The normalized spacial score (nSPS) is 12.9. The van der Waals surface area contributed by atoms with Crippen LogP contribution in [0.2, 0.25) is 0 Å². The number of hydrogen-bond acceptors (Lipinski definition) is 1. The highest BCUT2D eigenvalue weighted by Gasteiger charge is 2.05. The molecule has 0 aliphatic carbocycles. The molecule has 13 heavy (non-hydrogen) atoms. The number of aryl methyl sites for hydroxylation is 1. The molecule has 0 bridgehead atoms. The van der Waals surface area contributed by atoms with E-state index < -0.39 is 0 Å². The number of benzene rings is 1. The zero-order chi connectivity index (χ0) is 9.84. The molecule has 0 fully saturated rings. The van der Waals surface area contributed by atoms with Gasteiger partial charge in [0.15, 0.2) is 0 Å². The molecule has 0 amide bonds. The third-order valence-electron chi connectivity index (χ3n) is 2.17. The Balaban J connectivity index is 2.75. The molecule has 0 heterocycles. The first-order valence-electron chi connectivity index (χ1n) is 4.53. The fraction of sp³-hybridized carbons (Fsp3) is 0.455. The van der Waals surface area contributed by atoms with Crippen LogP contribution in [0.1, 0.15) is 24.5 Å². The molecule has 1 atom stereocenters. The smallest absolute Gasteiger partial charge is 0.126 e. The quantitative estimate of drug-likeness (QED) is 0.761. The standard InChI is InChI=1S/C11H15FO/c1-8-4-3-5-11(12)10(8)7-6-9(2)13/h3-5,9,13H,6-7H2,1-2H3/t9-/m1/s1. The van der Waals surface area contributed by atoms with Gasteiger partial charge in [-0.05, 0) is 43.9 Å². The summed E-state index contributed by atoms with van der Waals surface area (Å²) in [6.07, 6.45) is 0.858. The van der Waals surface area contributed by atoms with Crippen LogP contribution in [-0.4, -0.2) is 11.2 Å². The van der Waals surface area contributed by atoms with Gasteiger partial charge in [-0.25, -0.2) is 4.39 Å². The summed E-state index contributed by atoms with van der Waals surface area (Å²) >= 11 is 0. The maximum atomic E-state index is 13.2. The maximum Gasteiger partial charge on any atom is 0.126 e. The number of hydrogen-bond donors (Lipinski definition) is 1. The van der Waals surface area contributed by atoms with Gasteiger partial charge >= 0.3 is 0 Å². The summed E-state index contributed by atoms with van der Waals surface area (Å²) in [4.78, 5) is 0. The van der Waals surface area contributed by atoms with Crippen molar-refractivity contribution < 1.29 is 9.50 Å². The van der Waals surface area contributed by atoms with E-state index in [9.17, 15) is 4.39 Å².